The number of hydrogen-bond donors (Lipinski definition) is 2. The van der Waals surface area contributed by atoms with Gasteiger partial charge in [-0.1, -0.05) is 12.1 Å². The van der Waals surface area contributed by atoms with E-state index in [1.54, 1.807) is 13.1 Å². The second kappa shape index (κ2) is 8.89. The Hall–Kier alpha value is -1.41. The number of nitrogens with one attached hydrogen (secondary N) is 1. The minimum Gasteiger partial charge on any atom is -0.338 e. The number of nitrogens with two attached hydrogens (primary N) is 1. The van der Waals surface area contributed by atoms with Crippen molar-refractivity contribution in [1.82, 2.24) is 9.62 Å². The minimum atomic E-state index is -3.65. The van der Waals surface area contributed by atoms with Crippen LogP contribution in [0, 0.1) is 0 Å². The maximum Gasteiger partial charge on any atom is 0.253 e. The van der Waals surface area contributed by atoms with Crippen LogP contribution in [0.15, 0.2) is 41.8 Å². The molecule has 0 aliphatic rings. The Balaban J connectivity index is 0.00000441. The van der Waals surface area contributed by atoms with Gasteiger partial charge in [-0.25, -0.2) is 13.1 Å². The number of sulfonamides is 1. The van der Waals surface area contributed by atoms with Crippen LogP contribution in [0.1, 0.15) is 17.3 Å². The van der Waals surface area contributed by atoms with Gasteiger partial charge in [-0.3, -0.25) is 4.79 Å². The van der Waals surface area contributed by atoms with Crippen molar-refractivity contribution in [1.29, 1.82) is 0 Å². The summed E-state index contributed by atoms with van der Waals surface area (Å²) < 4.78 is 26.4. The highest BCUT2D eigenvalue weighted by molar-refractivity contribution is 7.89. The van der Waals surface area contributed by atoms with Crippen LogP contribution in [0.25, 0.3) is 0 Å². The van der Waals surface area contributed by atoms with Crippen LogP contribution < -0.4 is 10.5 Å². The second-order valence-corrected chi connectivity index (χ2v) is 6.44. The molecule has 0 aromatic heterocycles. The quantitative estimate of drug-likeness (QED) is 0.719. The number of amides is 1. The monoisotopic (exact) mass is 347 g/mol. The molecule has 8 heteroatoms. The first-order chi connectivity index (χ1) is 9.83. The van der Waals surface area contributed by atoms with Crippen LogP contribution in [0.3, 0.4) is 0 Å². The molecule has 0 spiro atoms. The number of rotatable bonds is 7. The summed E-state index contributed by atoms with van der Waals surface area (Å²) in [7, 11) is -2.01. The van der Waals surface area contributed by atoms with Gasteiger partial charge in [0.05, 0.1) is 4.90 Å². The average Bonchev–Trinajstić information content (AvgIpc) is 2.50. The van der Waals surface area contributed by atoms with E-state index in [1.165, 1.54) is 29.2 Å². The first-order valence-electron chi connectivity index (χ1n) is 6.51. The number of carbonyl (C=O) groups excluding carboxylic acids is 1. The summed E-state index contributed by atoms with van der Waals surface area (Å²) in [6.07, 6.45) is 1.45. The van der Waals surface area contributed by atoms with Crippen LogP contribution in [0.2, 0.25) is 0 Å². The normalized spacial score (nSPS) is 12.1. The Labute approximate surface area is 137 Å². The lowest BCUT2D eigenvalue weighted by Gasteiger charge is -2.23. The van der Waals surface area contributed by atoms with Gasteiger partial charge in [-0.05, 0) is 25.1 Å². The lowest BCUT2D eigenvalue weighted by Crippen LogP contribution is -2.39. The second-order valence-electron chi connectivity index (χ2n) is 4.67. The van der Waals surface area contributed by atoms with E-state index in [1.807, 2.05) is 6.92 Å². The van der Waals surface area contributed by atoms with E-state index in [0.29, 0.717) is 12.1 Å². The summed E-state index contributed by atoms with van der Waals surface area (Å²) in [5.41, 5.74) is 5.84. The van der Waals surface area contributed by atoms with E-state index < -0.39 is 10.0 Å². The fourth-order valence-electron chi connectivity index (χ4n) is 1.61. The Kier molecular flexibility index (Phi) is 8.32. The maximum atomic E-state index is 12.3. The average molecular weight is 348 g/mol. The van der Waals surface area contributed by atoms with Crippen LogP contribution in [-0.2, 0) is 10.0 Å². The molecular formula is C14H22ClN3O3S. The summed E-state index contributed by atoms with van der Waals surface area (Å²) in [5.74, 6) is -0.270. The predicted molar refractivity (Wildman–Crippen MR) is 89.7 cm³/mol. The van der Waals surface area contributed by atoms with Gasteiger partial charge in [-0.15, -0.1) is 19.0 Å². The van der Waals surface area contributed by atoms with Crippen LogP contribution in [0.4, 0.5) is 0 Å². The molecular weight excluding hydrogens is 326 g/mol. The molecule has 124 valence electrons. The smallest absolute Gasteiger partial charge is 0.253 e. The standard InChI is InChI=1S/C14H21N3O3S.ClH/c1-4-8-16-21(19,20)13-7-5-6-12(9-13)14(18)17(3)11(2)10-15;/h4-7,9,11,16H,1,8,10,15H2,2-3H3;1H. The van der Waals surface area contributed by atoms with E-state index in [4.69, 9.17) is 5.73 Å². The van der Waals surface area contributed by atoms with Gasteiger partial charge in [-0.2, -0.15) is 0 Å². The highest BCUT2D eigenvalue weighted by Crippen LogP contribution is 2.13. The van der Waals surface area contributed by atoms with E-state index in [2.05, 4.69) is 11.3 Å². The molecule has 6 nitrogen and oxygen atoms in total. The van der Waals surface area contributed by atoms with E-state index in [0.717, 1.165) is 0 Å². The van der Waals surface area contributed by atoms with Crippen LogP contribution in [-0.4, -0.2) is 45.4 Å². The summed E-state index contributed by atoms with van der Waals surface area (Å²) in [5, 5.41) is 0. The van der Waals surface area contributed by atoms with Gasteiger partial charge < -0.3 is 10.6 Å². The molecule has 1 unspecified atom stereocenters. The fraction of sp³-hybridized carbons (Fsp3) is 0.357. The molecule has 1 aromatic carbocycles. The Bertz CT molecular complexity index is 620. The summed E-state index contributed by atoms with van der Waals surface area (Å²) >= 11 is 0. The van der Waals surface area contributed by atoms with Crippen molar-refractivity contribution in [3.8, 4) is 0 Å². The Morgan fingerprint density at radius 3 is 2.68 bits per heavy atom. The molecule has 0 saturated heterocycles. The van der Waals surface area contributed by atoms with Crippen LogP contribution >= 0.6 is 12.4 Å². The highest BCUT2D eigenvalue weighted by atomic mass is 35.5. The molecule has 0 saturated carbocycles. The van der Waals surface area contributed by atoms with Crippen LogP contribution in [0.5, 0.6) is 0 Å². The van der Waals surface area contributed by atoms with Gasteiger partial charge in [0.2, 0.25) is 10.0 Å². The molecule has 1 atom stereocenters. The third kappa shape index (κ3) is 5.10. The fourth-order valence-corrected chi connectivity index (χ4v) is 2.65. The largest absolute Gasteiger partial charge is 0.338 e. The molecule has 0 aliphatic heterocycles. The number of hydrogen-bond acceptors (Lipinski definition) is 4. The molecule has 1 aromatic rings. The van der Waals surface area contributed by atoms with Gasteiger partial charge in [0.1, 0.15) is 0 Å². The Morgan fingerprint density at radius 1 is 1.50 bits per heavy atom. The molecule has 0 aliphatic carbocycles. The SMILES string of the molecule is C=CCNS(=O)(=O)c1cccc(C(=O)N(C)C(C)CN)c1.Cl. The van der Waals surface area contributed by atoms with Gasteiger partial charge in [0, 0.05) is 31.7 Å². The summed E-state index contributed by atoms with van der Waals surface area (Å²) in [6.45, 7) is 5.74. The third-order valence-electron chi connectivity index (χ3n) is 3.13. The van der Waals surface area contributed by atoms with Gasteiger partial charge in [0.25, 0.3) is 5.91 Å². The molecule has 3 N–H and O–H groups in total. The van der Waals surface area contributed by atoms with Gasteiger partial charge >= 0.3 is 0 Å². The maximum absolute atomic E-state index is 12.3. The molecule has 0 fully saturated rings. The Morgan fingerprint density at radius 2 is 2.14 bits per heavy atom. The molecule has 22 heavy (non-hydrogen) atoms. The van der Waals surface area contributed by atoms with E-state index in [9.17, 15) is 13.2 Å². The highest BCUT2D eigenvalue weighted by Gasteiger charge is 2.19. The topological polar surface area (TPSA) is 92.5 Å². The number of carbonyl (C=O) groups is 1. The zero-order valence-corrected chi connectivity index (χ0v) is 14.3. The van der Waals surface area contributed by atoms with Crippen molar-refractivity contribution in [2.75, 3.05) is 20.1 Å². The van der Waals surface area contributed by atoms with Crippen molar-refractivity contribution >= 4 is 28.3 Å². The molecule has 0 heterocycles. The van der Waals surface area contributed by atoms with Crippen molar-refractivity contribution in [2.45, 2.75) is 17.9 Å². The molecule has 0 bridgehead atoms. The van der Waals surface area contributed by atoms with Crippen molar-refractivity contribution in [3.63, 3.8) is 0 Å². The number of halogens is 1. The predicted octanol–water partition coefficient (Wildman–Crippen LogP) is 0.992. The lowest BCUT2D eigenvalue weighted by atomic mass is 10.2. The number of likely N-dealkylation sites (N-methyl/N-ethyl adjacent to an activating group) is 1. The summed E-state index contributed by atoms with van der Waals surface area (Å²) in [6, 6.07) is 5.78. The molecule has 1 rings (SSSR count). The zero-order chi connectivity index (χ0) is 16.0. The lowest BCUT2D eigenvalue weighted by molar-refractivity contribution is 0.0748. The third-order valence-corrected chi connectivity index (χ3v) is 4.55. The zero-order valence-electron chi connectivity index (χ0n) is 12.7. The van der Waals surface area contributed by atoms with Crippen molar-refractivity contribution in [2.24, 2.45) is 5.73 Å². The van der Waals surface area contributed by atoms with Gasteiger partial charge in [0.15, 0.2) is 0 Å². The van der Waals surface area contributed by atoms with Crippen molar-refractivity contribution in [3.05, 3.63) is 42.5 Å². The molecule has 1 amide bonds. The molecule has 0 radical (unpaired) electrons. The summed E-state index contributed by atoms with van der Waals surface area (Å²) in [4.78, 5) is 13.8. The first kappa shape index (κ1) is 20.6. The van der Waals surface area contributed by atoms with E-state index >= 15 is 0 Å². The van der Waals surface area contributed by atoms with Crippen molar-refractivity contribution < 1.29 is 13.2 Å². The number of nitrogens with zero attached hydrogens (tertiary/aromatic N) is 1. The minimum absolute atomic E-state index is 0. The van der Waals surface area contributed by atoms with E-state index in [-0.39, 0.29) is 35.8 Å². The number of benzene rings is 1. The first-order valence-corrected chi connectivity index (χ1v) is 7.99.